The molecular weight excluding hydrogens is 414 g/mol. The Labute approximate surface area is 166 Å². The first-order valence-electron chi connectivity index (χ1n) is 8.76. The van der Waals surface area contributed by atoms with E-state index < -0.39 is 17.9 Å². The highest BCUT2D eigenvalue weighted by molar-refractivity contribution is 9.10. The normalized spacial score (nSPS) is 20.1. The molecule has 3 rings (SSSR count). The van der Waals surface area contributed by atoms with Crippen molar-refractivity contribution in [2.75, 3.05) is 27.4 Å². The van der Waals surface area contributed by atoms with Gasteiger partial charge in [-0.1, -0.05) is 28.1 Å². The Kier molecular flexibility index (Phi) is 6.34. The van der Waals surface area contributed by atoms with Gasteiger partial charge in [0.15, 0.2) is 0 Å². The number of rotatable bonds is 5. The molecule has 1 fully saturated rings. The van der Waals surface area contributed by atoms with Gasteiger partial charge in [0.2, 0.25) is 0 Å². The van der Waals surface area contributed by atoms with Gasteiger partial charge in [-0.25, -0.2) is 9.59 Å². The average molecular weight is 436 g/mol. The molecule has 1 saturated heterocycles. The summed E-state index contributed by atoms with van der Waals surface area (Å²) in [6.07, 6.45) is 5.52. The van der Waals surface area contributed by atoms with Gasteiger partial charge in [-0.3, -0.25) is 0 Å². The van der Waals surface area contributed by atoms with E-state index in [4.69, 9.17) is 14.2 Å². The van der Waals surface area contributed by atoms with Gasteiger partial charge in [0.05, 0.1) is 37.4 Å². The van der Waals surface area contributed by atoms with Gasteiger partial charge < -0.3 is 19.1 Å². The van der Waals surface area contributed by atoms with Crippen molar-refractivity contribution >= 4 is 27.9 Å². The van der Waals surface area contributed by atoms with E-state index >= 15 is 0 Å². The molecule has 2 heterocycles. The minimum Gasteiger partial charge on any atom is -0.466 e. The Hall–Kier alpha value is -2.12. The number of carbonyl (C=O) groups excluding carboxylic acids is 2. The fraction of sp³-hybridized carbons (Fsp3) is 0.400. The molecule has 144 valence electrons. The molecular formula is C20H22BrNO5. The van der Waals surface area contributed by atoms with E-state index in [1.54, 1.807) is 12.4 Å². The number of esters is 2. The maximum Gasteiger partial charge on any atom is 0.336 e. The smallest absolute Gasteiger partial charge is 0.336 e. The van der Waals surface area contributed by atoms with Crippen molar-refractivity contribution in [3.63, 3.8) is 0 Å². The van der Waals surface area contributed by atoms with Gasteiger partial charge in [-0.2, -0.15) is 0 Å². The lowest BCUT2D eigenvalue weighted by Crippen LogP contribution is -2.32. The summed E-state index contributed by atoms with van der Waals surface area (Å²) in [6.45, 7) is 1.30. The zero-order valence-electron chi connectivity index (χ0n) is 15.3. The number of hydrogen-bond donors (Lipinski definition) is 0. The van der Waals surface area contributed by atoms with Gasteiger partial charge in [-0.05, 0) is 30.5 Å². The van der Waals surface area contributed by atoms with Crippen LogP contribution in [0.15, 0.2) is 52.3 Å². The quantitative estimate of drug-likeness (QED) is 0.661. The molecule has 0 radical (unpaired) electrons. The van der Waals surface area contributed by atoms with Gasteiger partial charge in [0, 0.05) is 30.0 Å². The monoisotopic (exact) mass is 435 g/mol. The van der Waals surface area contributed by atoms with Crippen LogP contribution in [-0.4, -0.2) is 50.3 Å². The molecule has 1 aromatic carbocycles. The molecule has 1 atom stereocenters. The number of hydrogen-bond acceptors (Lipinski definition) is 6. The molecule has 0 aliphatic carbocycles. The second-order valence-electron chi connectivity index (χ2n) is 6.47. The van der Waals surface area contributed by atoms with Crippen LogP contribution in [0.4, 0.5) is 0 Å². The SMILES string of the molecule is COC(=O)C1=CN(C[C@@H]2CCCO2)C=C(C(=O)OC)C1c1cccc(Br)c1. The van der Waals surface area contributed by atoms with Crippen LogP contribution >= 0.6 is 15.9 Å². The second-order valence-corrected chi connectivity index (χ2v) is 7.39. The fourth-order valence-corrected chi connectivity index (χ4v) is 3.88. The highest BCUT2D eigenvalue weighted by Gasteiger charge is 2.35. The van der Waals surface area contributed by atoms with Crippen LogP contribution < -0.4 is 0 Å². The van der Waals surface area contributed by atoms with E-state index in [0.29, 0.717) is 17.7 Å². The lowest BCUT2D eigenvalue weighted by Gasteiger charge is -2.31. The van der Waals surface area contributed by atoms with Crippen LogP contribution in [0, 0.1) is 0 Å². The standard InChI is InChI=1S/C20H22BrNO5/c1-25-19(23)16-11-22(10-15-7-4-8-27-15)12-17(20(24)26-2)18(16)13-5-3-6-14(21)9-13/h3,5-6,9,11-12,15,18H,4,7-8,10H2,1-2H3/t15-/m0/s1. The molecule has 6 nitrogen and oxygen atoms in total. The fourth-order valence-electron chi connectivity index (χ4n) is 3.46. The maximum absolute atomic E-state index is 12.5. The Morgan fingerprint density at radius 1 is 1.19 bits per heavy atom. The van der Waals surface area contributed by atoms with Crippen molar-refractivity contribution in [3.05, 3.63) is 57.8 Å². The van der Waals surface area contributed by atoms with E-state index in [-0.39, 0.29) is 6.10 Å². The van der Waals surface area contributed by atoms with Gasteiger partial charge in [0.1, 0.15) is 0 Å². The van der Waals surface area contributed by atoms with Crippen molar-refractivity contribution in [2.24, 2.45) is 0 Å². The summed E-state index contributed by atoms with van der Waals surface area (Å²) in [5.41, 5.74) is 1.57. The summed E-state index contributed by atoms with van der Waals surface area (Å²) in [5, 5.41) is 0. The van der Waals surface area contributed by atoms with E-state index in [2.05, 4.69) is 15.9 Å². The Morgan fingerprint density at radius 2 is 1.85 bits per heavy atom. The predicted molar refractivity (Wildman–Crippen MR) is 103 cm³/mol. The van der Waals surface area contributed by atoms with Crippen LogP contribution in [0.2, 0.25) is 0 Å². The van der Waals surface area contributed by atoms with E-state index in [0.717, 1.165) is 29.5 Å². The molecule has 1 aromatic rings. The molecule has 0 spiro atoms. The number of benzene rings is 1. The minimum absolute atomic E-state index is 0.0673. The molecule has 0 N–H and O–H groups in total. The molecule has 0 saturated carbocycles. The van der Waals surface area contributed by atoms with Crippen LogP contribution in [0.5, 0.6) is 0 Å². The third kappa shape index (κ3) is 4.42. The molecule has 0 bridgehead atoms. The second kappa shape index (κ2) is 8.71. The average Bonchev–Trinajstić information content (AvgIpc) is 3.19. The first kappa shape index (κ1) is 19.6. The summed E-state index contributed by atoms with van der Waals surface area (Å²) in [7, 11) is 2.67. The van der Waals surface area contributed by atoms with Crippen LogP contribution in [0.1, 0.15) is 24.3 Å². The Balaban J connectivity index is 2.03. The van der Waals surface area contributed by atoms with Crippen LogP contribution in [0.3, 0.4) is 0 Å². The third-order valence-corrected chi connectivity index (χ3v) is 5.19. The van der Waals surface area contributed by atoms with E-state index in [1.165, 1.54) is 14.2 Å². The number of nitrogens with zero attached hydrogens (tertiary/aromatic N) is 1. The number of methoxy groups -OCH3 is 2. The van der Waals surface area contributed by atoms with Crippen molar-refractivity contribution < 1.29 is 23.8 Å². The lowest BCUT2D eigenvalue weighted by atomic mass is 9.83. The van der Waals surface area contributed by atoms with Crippen LogP contribution in [0.25, 0.3) is 0 Å². The zero-order chi connectivity index (χ0) is 19.4. The number of carbonyl (C=O) groups is 2. The molecule has 7 heteroatoms. The highest BCUT2D eigenvalue weighted by atomic mass is 79.9. The lowest BCUT2D eigenvalue weighted by molar-refractivity contribution is -0.137. The number of halogens is 1. The summed E-state index contributed by atoms with van der Waals surface area (Å²) in [4.78, 5) is 26.9. The summed E-state index contributed by atoms with van der Waals surface area (Å²) >= 11 is 3.45. The maximum atomic E-state index is 12.5. The van der Waals surface area contributed by atoms with Crippen molar-refractivity contribution in [2.45, 2.75) is 24.9 Å². The first-order chi connectivity index (χ1) is 13.0. The predicted octanol–water partition coefficient (Wildman–Crippen LogP) is 3.14. The molecule has 2 aliphatic heterocycles. The minimum atomic E-state index is -0.567. The number of ether oxygens (including phenoxy) is 3. The van der Waals surface area contributed by atoms with Gasteiger partial charge >= 0.3 is 11.9 Å². The van der Waals surface area contributed by atoms with E-state index in [9.17, 15) is 9.59 Å². The highest BCUT2D eigenvalue weighted by Crippen LogP contribution is 2.38. The summed E-state index contributed by atoms with van der Waals surface area (Å²) < 4.78 is 16.5. The summed E-state index contributed by atoms with van der Waals surface area (Å²) in [5.74, 6) is -1.53. The van der Waals surface area contributed by atoms with Crippen molar-refractivity contribution in [3.8, 4) is 0 Å². The Morgan fingerprint density at radius 3 is 2.37 bits per heavy atom. The third-order valence-electron chi connectivity index (χ3n) is 4.69. The first-order valence-corrected chi connectivity index (χ1v) is 9.55. The van der Waals surface area contributed by atoms with Gasteiger partial charge in [0.25, 0.3) is 0 Å². The van der Waals surface area contributed by atoms with Crippen molar-refractivity contribution in [1.29, 1.82) is 0 Å². The van der Waals surface area contributed by atoms with Crippen LogP contribution in [-0.2, 0) is 23.8 Å². The Bertz CT molecular complexity index is 748. The largest absolute Gasteiger partial charge is 0.466 e. The molecule has 27 heavy (non-hydrogen) atoms. The van der Waals surface area contributed by atoms with Crippen molar-refractivity contribution in [1.82, 2.24) is 4.90 Å². The molecule has 0 amide bonds. The van der Waals surface area contributed by atoms with E-state index in [1.807, 2.05) is 29.2 Å². The summed E-state index contributed by atoms with van der Waals surface area (Å²) in [6, 6.07) is 7.51. The topological polar surface area (TPSA) is 65.1 Å². The molecule has 2 aliphatic rings. The molecule has 0 aromatic heterocycles. The zero-order valence-corrected chi connectivity index (χ0v) is 16.9. The molecule has 0 unspecified atom stereocenters. The van der Waals surface area contributed by atoms with Gasteiger partial charge in [-0.15, -0.1) is 0 Å².